The molecule has 0 aromatic carbocycles. The molecular weight excluding hydrogens is 883 g/mol. The Balaban J connectivity index is 1.96. The van der Waals surface area contributed by atoms with Gasteiger partial charge in [-0.1, -0.05) is 53.9 Å². The minimum atomic E-state index is -2.01. The fourth-order valence-electron chi connectivity index (χ4n) is 10.4. The first-order chi connectivity index (χ1) is 31.8. The number of carbonyl (C=O) groups excluding carboxylic acids is 4. The Bertz CT molecular complexity index is 1590. The van der Waals surface area contributed by atoms with Gasteiger partial charge in [0.25, 0.3) is 0 Å². The molecule has 2 amide bonds. The zero-order valence-corrected chi connectivity index (χ0v) is 44.0. The number of amides is 2. The molecule has 0 aromatic rings. The normalized spacial score (nSPS) is 40.0. The number of hydrogen-bond acceptors (Lipinski definition) is 16. The van der Waals surface area contributed by atoms with E-state index < -0.39 is 108 Å². The molecule has 18 atom stereocenters. The van der Waals surface area contributed by atoms with Gasteiger partial charge in [-0.3, -0.25) is 14.4 Å². The topological polar surface area (TPSA) is 230 Å². The van der Waals surface area contributed by atoms with Crippen LogP contribution in [0.2, 0.25) is 0 Å². The number of likely N-dealkylation sites (N-methyl/N-ethyl adjacent to an activating group) is 1. The van der Waals surface area contributed by atoms with E-state index in [4.69, 9.17) is 37.9 Å². The van der Waals surface area contributed by atoms with Gasteiger partial charge in [-0.05, 0) is 94.2 Å². The highest BCUT2D eigenvalue weighted by Gasteiger charge is 2.55. The van der Waals surface area contributed by atoms with Crippen LogP contribution in [-0.2, 0) is 52.3 Å². The molecule has 3 aliphatic heterocycles. The van der Waals surface area contributed by atoms with Crippen LogP contribution in [0.25, 0.3) is 0 Å². The molecule has 0 saturated carbocycles. The summed E-state index contributed by atoms with van der Waals surface area (Å²) in [6.07, 6.45) is -4.31. The highest BCUT2D eigenvalue weighted by molar-refractivity contribution is 5.83. The van der Waals surface area contributed by atoms with Crippen molar-refractivity contribution in [3.63, 3.8) is 0 Å². The molecule has 3 fully saturated rings. The molecule has 0 aromatic heterocycles. The SMILES string of the molecule is CCCCCNC(=O)CCCCCNC(=O)O[C@H]1[C@H](C)O[C@@H](O[C@H]2[C@H](C)[C@@H](O[C@@H]3O[C@H](C)C[C@H](N(C)C)[C@H]3O)[C@@](C)(OC)C[C@@H](C)C(=O)[C@H](C)[C@@H](O)[C@](C)(O)[C@@H](CC)OC(=O)[C@@H]2C)C[C@@]1(C)OC. The highest BCUT2D eigenvalue weighted by atomic mass is 16.7. The summed E-state index contributed by atoms with van der Waals surface area (Å²) >= 11 is 0. The largest absolute Gasteiger partial charge is 0.459 e. The van der Waals surface area contributed by atoms with Gasteiger partial charge in [-0.2, -0.15) is 0 Å². The van der Waals surface area contributed by atoms with Crippen molar-refractivity contribution in [2.45, 2.75) is 231 Å². The number of nitrogens with zero attached hydrogens (tertiary/aromatic N) is 1. The number of aliphatic hydroxyl groups is 3. The third-order valence-electron chi connectivity index (χ3n) is 14.9. The summed E-state index contributed by atoms with van der Waals surface area (Å²) in [5, 5.41) is 40.9. The number of ether oxygens (including phenoxy) is 8. The van der Waals surface area contributed by atoms with Crippen molar-refractivity contribution in [3.8, 4) is 0 Å². The molecule has 5 N–H and O–H groups in total. The second-order valence-corrected chi connectivity index (χ2v) is 20.8. The number of Topliss-reactive ketones (excluding diaryl/α,β-unsaturated/α-hetero) is 1. The fraction of sp³-hybridized carbons (Fsp3) is 0.920. The molecule has 0 radical (unpaired) electrons. The lowest BCUT2D eigenvalue weighted by atomic mass is 9.74. The maximum Gasteiger partial charge on any atom is 0.407 e. The molecule has 3 rings (SSSR count). The van der Waals surface area contributed by atoms with E-state index in [-0.39, 0.29) is 43.1 Å². The van der Waals surface area contributed by atoms with E-state index in [0.29, 0.717) is 38.8 Å². The number of aliphatic hydroxyl groups excluding tert-OH is 2. The minimum Gasteiger partial charge on any atom is -0.459 e. The van der Waals surface area contributed by atoms with E-state index in [0.717, 1.165) is 25.7 Å². The van der Waals surface area contributed by atoms with E-state index >= 15 is 0 Å². The van der Waals surface area contributed by atoms with Gasteiger partial charge >= 0.3 is 12.1 Å². The monoisotopic (exact) mass is 974 g/mol. The molecule has 3 aliphatic rings. The summed E-state index contributed by atoms with van der Waals surface area (Å²) in [6, 6.07) is -0.320. The first-order valence-electron chi connectivity index (χ1n) is 25.2. The number of ketones is 1. The summed E-state index contributed by atoms with van der Waals surface area (Å²) in [5.41, 5.74) is -4.46. The molecule has 18 nitrogen and oxygen atoms in total. The maximum atomic E-state index is 14.5. The Kier molecular flexibility index (Phi) is 23.6. The average Bonchev–Trinajstić information content (AvgIpc) is 3.29. The summed E-state index contributed by atoms with van der Waals surface area (Å²) in [4.78, 5) is 55.9. The molecule has 3 saturated heterocycles. The smallest absolute Gasteiger partial charge is 0.407 e. The van der Waals surface area contributed by atoms with E-state index in [1.807, 2.05) is 32.8 Å². The Morgan fingerprint density at radius 2 is 1.43 bits per heavy atom. The Morgan fingerprint density at radius 1 is 0.809 bits per heavy atom. The number of unbranched alkanes of at least 4 members (excludes halogenated alkanes) is 4. The van der Waals surface area contributed by atoms with Gasteiger partial charge in [0.05, 0.1) is 42.0 Å². The van der Waals surface area contributed by atoms with Gasteiger partial charge < -0.3 is 68.7 Å². The molecule has 3 heterocycles. The van der Waals surface area contributed by atoms with Crippen LogP contribution in [0.5, 0.6) is 0 Å². The fourth-order valence-corrected chi connectivity index (χ4v) is 10.4. The number of rotatable bonds is 19. The number of carbonyl (C=O) groups is 4. The average molecular weight is 974 g/mol. The van der Waals surface area contributed by atoms with Crippen molar-refractivity contribution >= 4 is 23.8 Å². The Hall–Kier alpha value is -2.52. The van der Waals surface area contributed by atoms with Gasteiger partial charge in [0.2, 0.25) is 5.91 Å². The van der Waals surface area contributed by atoms with Crippen LogP contribution in [-0.4, -0.2) is 170 Å². The van der Waals surface area contributed by atoms with Crippen LogP contribution in [0.15, 0.2) is 0 Å². The van der Waals surface area contributed by atoms with E-state index in [9.17, 15) is 34.5 Å². The predicted molar refractivity (Wildman–Crippen MR) is 254 cm³/mol. The maximum absolute atomic E-state index is 14.5. The van der Waals surface area contributed by atoms with Crippen LogP contribution in [0.3, 0.4) is 0 Å². The molecule has 68 heavy (non-hydrogen) atoms. The number of methoxy groups -OCH3 is 2. The summed E-state index contributed by atoms with van der Waals surface area (Å²) in [5.74, 6) is -4.70. The Labute approximate surface area is 406 Å². The van der Waals surface area contributed by atoms with Crippen LogP contribution < -0.4 is 10.6 Å². The quantitative estimate of drug-likeness (QED) is 0.0844. The van der Waals surface area contributed by atoms with Crippen molar-refractivity contribution in [2.24, 2.45) is 23.7 Å². The van der Waals surface area contributed by atoms with Crippen LogP contribution >= 0.6 is 0 Å². The van der Waals surface area contributed by atoms with Crippen LogP contribution in [0.1, 0.15) is 147 Å². The summed E-state index contributed by atoms with van der Waals surface area (Å²) in [7, 11) is 6.75. The second kappa shape index (κ2) is 26.8. The van der Waals surface area contributed by atoms with Gasteiger partial charge in [0.1, 0.15) is 29.2 Å². The second-order valence-electron chi connectivity index (χ2n) is 20.8. The van der Waals surface area contributed by atoms with Crippen molar-refractivity contribution in [1.29, 1.82) is 0 Å². The minimum absolute atomic E-state index is 0.0347. The summed E-state index contributed by atoms with van der Waals surface area (Å²) < 4.78 is 51.0. The summed E-state index contributed by atoms with van der Waals surface area (Å²) in [6.45, 7) is 20.2. The van der Waals surface area contributed by atoms with Crippen LogP contribution in [0, 0.1) is 23.7 Å². The van der Waals surface area contributed by atoms with Gasteiger partial charge in [0, 0.05) is 63.9 Å². The highest BCUT2D eigenvalue weighted by Crippen LogP contribution is 2.42. The van der Waals surface area contributed by atoms with E-state index in [2.05, 4.69) is 17.6 Å². The lowest BCUT2D eigenvalue weighted by Gasteiger charge is -2.50. The molecule has 0 bridgehead atoms. The lowest BCUT2D eigenvalue weighted by molar-refractivity contribution is -0.319. The number of esters is 1. The van der Waals surface area contributed by atoms with E-state index in [1.54, 1.807) is 48.5 Å². The molecule has 0 spiro atoms. The third-order valence-corrected chi connectivity index (χ3v) is 14.9. The van der Waals surface area contributed by atoms with E-state index in [1.165, 1.54) is 21.1 Å². The van der Waals surface area contributed by atoms with Crippen molar-refractivity contribution in [3.05, 3.63) is 0 Å². The molecule has 18 heteroatoms. The zero-order valence-electron chi connectivity index (χ0n) is 44.0. The van der Waals surface area contributed by atoms with Crippen molar-refractivity contribution < 1.29 is 72.4 Å². The number of alkyl carbamates (subject to hydrolysis) is 1. The first kappa shape index (κ1) is 59.8. The first-order valence-corrected chi connectivity index (χ1v) is 25.2. The third kappa shape index (κ3) is 15.5. The Morgan fingerprint density at radius 3 is 2.03 bits per heavy atom. The number of hydrogen-bond donors (Lipinski definition) is 5. The van der Waals surface area contributed by atoms with Gasteiger partial charge in [0.15, 0.2) is 18.7 Å². The van der Waals surface area contributed by atoms with Gasteiger partial charge in [-0.15, -0.1) is 0 Å². The number of nitrogens with one attached hydrogen (secondary N) is 2. The van der Waals surface area contributed by atoms with Crippen LogP contribution in [0.4, 0.5) is 4.79 Å². The molecule has 0 unspecified atom stereocenters. The van der Waals surface area contributed by atoms with Crippen molar-refractivity contribution in [2.75, 3.05) is 41.4 Å². The van der Waals surface area contributed by atoms with Crippen molar-refractivity contribution in [1.82, 2.24) is 15.5 Å². The molecule has 396 valence electrons. The number of cyclic esters (lactones) is 1. The molecule has 0 aliphatic carbocycles. The zero-order chi connectivity index (χ0) is 51.3. The standard InChI is InChI=1S/C50H91N3O15/c1-16-18-21-24-51-37(54)23-20-19-22-25-52-47(59)68-44-34(8)64-38(28-49(44,10)62-15)66-41-32(6)43(67-46-40(56)35(53(12)13)26-30(4)63-46)48(9,61-14)27-29(3)39(55)31(5)42(57)50(11,60)36(17-2)65-45(58)33(41)7/h29-36,38,40-44,46,56-57,60H,16-28H2,1-15H3,(H,51,54)(H,52,59)/t29-,30-,31+,32+,33-,34+,35+,36-,38+,40-,41+,42-,43-,44+,46+,48+,49-,50-/m1/s1. The lowest BCUT2D eigenvalue weighted by Crippen LogP contribution is -2.62. The van der Waals surface area contributed by atoms with Gasteiger partial charge in [-0.25, -0.2) is 4.79 Å². The molecular formula is C50H91N3O15. The predicted octanol–water partition coefficient (Wildman–Crippen LogP) is 5.04.